The fourth-order valence-corrected chi connectivity index (χ4v) is 2.57. The summed E-state index contributed by atoms with van der Waals surface area (Å²) in [7, 11) is 0. The SMILES string of the molecule is C#CC(Cc1ccccc1C)OC(C#C)Cc1ccccc1C. The molecule has 2 aromatic rings. The van der Waals surface area contributed by atoms with Gasteiger partial charge in [0.1, 0.15) is 12.2 Å². The third kappa shape index (κ3) is 4.75. The van der Waals surface area contributed by atoms with Gasteiger partial charge in [-0.2, -0.15) is 0 Å². The molecule has 0 bridgehead atoms. The Balaban J connectivity index is 2.05. The average molecular weight is 302 g/mol. The van der Waals surface area contributed by atoms with Gasteiger partial charge in [0.15, 0.2) is 0 Å². The first-order chi connectivity index (χ1) is 11.1. The summed E-state index contributed by atoms with van der Waals surface area (Å²) in [5.41, 5.74) is 4.82. The lowest BCUT2D eigenvalue weighted by atomic mass is 10.0. The molecule has 0 radical (unpaired) electrons. The standard InChI is InChI=1S/C22H22O/c1-5-21(15-19-13-9-7-11-17(19)3)23-22(6-2)16-20-14-10-8-12-18(20)4/h1-2,7-14,21-22H,15-16H2,3-4H3. The molecule has 0 saturated carbocycles. The Hall–Kier alpha value is -2.48. The Bertz CT molecular complexity index is 667. The lowest BCUT2D eigenvalue weighted by Gasteiger charge is -2.19. The first kappa shape index (κ1) is 16.9. The lowest BCUT2D eigenvalue weighted by molar-refractivity contribution is 0.0531. The molecule has 116 valence electrons. The molecule has 0 aliphatic heterocycles. The van der Waals surface area contributed by atoms with E-state index in [9.17, 15) is 0 Å². The molecule has 0 saturated heterocycles. The first-order valence-corrected chi connectivity index (χ1v) is 7.80. The monoisotopic (exact) mass is 302 g/mol. The summed E-state index contributed by atoms with van der Waals surface area (Å²) in [6, 6.07) is 16.4. The van der Waals surface area contributed by atoms with E-state index in [2.05, 4.69) is 50.0 Å². The molecule has 1 heteroatoms. The number of aryl methyl sites for hydroxylation is 2. The van der Waals surface area contributed by atoms with Crippen LogP contribution in [0.5, 0.6) is 0 Å². The highest BCUT2D eigenvalue weighted by Crippen LogP contribution is 2.15. The Kier molecular flexibility index (Phi) is 6.04. The van der Waals surface area contributed by atoms with Crippen LogP contribution in [0, 0.1) is 38.5 Å². The quantitative estimate of drug-likeness (QED) is 0.730. The van der Waals surface area contributed by atoms with Crippen LogP contribution < -0.4 is 0 Å². The highest BCUT2D eigenvalue weighted by molar-refractivity contribution is 5.29. The third-order valence-corrected chi connectivity index (χ3v) is 4.03. The van der Waals surface area contributed by atoms with Gasteiger partial charge in [-0.15, -0.1) is 12.8 Å². The number of ether oxygens (including phenoxy) is 1. The Morgan fingerprint density at radius 2 is 1.17 bits per heavy atom. The Morgan fingerprint density at radius 3 is 1.52 bits per heavy atom. The van der Waals surface area contributed by atoms with E-state index in [1.807, 2.05) is 24.3 Å². The molecular weight excluding hydrogens is 280 g/mol. The Labute approximate surface area is 139 Å². The molecule has 0 N–H and O–H groups in total. The van der Waals surface area contributed by atoms with Crippen LogP contribution in [0.15, 0.2) is 48.5 Å². The normalized spacial score (nSPS) is 12.9. The largest absolute Gasteiger partial charge is 0.349 e. The Morgan fingerprint density at radius 1 is 0.783 bits per heavy atom. The predicted octanol–water partition coefficient (Wildman–Crippen LogP) is 4.11. The van der Waals surface area contributed by atoms with Gasteiger partial charge < -0.3 is 4.74 Å². The van der Waals surface area contributed by atoms with Gasteiger partial charge in [0.25, 0.3) is 0 Å². The summed E-state index contributed by atoms with van der Waals surface area (Å²) < 4.78 is 5.99. The molecule has 1 nitrogen and oxygen atoms in total. The lowest BCUT2D eigenvalue weighted by Crippen LogP contribution is -2.24. The topological polar surface area (TPSA) is 9.23 Å². The highest BCUT2D eigenvalue weighted by Gasteiger charge is 2.15. The van der Waals surface area contributed by atoms with Crippen molar-refractivity contribution in [1.82, 2.24) is 0 Å². The van der Waals surface area contributed by atoms with E-state index < -0.39 is 0 Å². The van der Waals surface area contributed by atoms with E-state index in [1.54, 1.807) is 0 Å². The first-order valence-electron chi connectivity index (χ1n) is 7.80. The molecule has 2 aromatic carbocycles. The number of rotatable bonds is 6. The van der Waals surface area contributed by atoms with Crippen molar-refractivity contribution in [3.05, 3.63) is 70.8 Å². The highest BCUT2D eigenvalue weighted by atomic mass is 16.5. The van der Waals surface area contributed by atoms with Gasteiger partial charge in [-0.25, -0.2) is 0 Å². The second kappa shape index (κ2) is 8.23. The van der Waals surface area contributed by atoms with Crippen molar-refractivity contribution < 1.29 is 4.74 Å². The van der Waals surface area contributed by atoms with Crippen molar-refractivity contribution in [3.8, 4) is 24.7 Å². The van der Waals surface area contributed by atoms with Gasteiger partial charge in [0.2, 0.25) is 0 Å². The summed E-state index contributed by atoms with van der Waals surface area (Å²) in [5, 5.41) is 0. The molecule has 23 heavy (non-hydrogen) atoms. The number of terminal acetylenes is 2. The molecule has 2 atom stereocenters. The summed E-state index contributed by atoms with van der Waals surface area (Å²) in [6.07, 6.45) is 12.0. The van der Waals surface area contributed by atoms with E-state index in [1.165, 1.54) is 22.3 Å². The second-order valence-corrected chi connectivity index (χ2v) is 5.71. The summed E-state index contributed by atoms with van der Waals surface area (Å²) in [5.74, 6) is 5.45. The van der Waals surface area contributed by atoms with Gasteiger partial charge in [0, 0.05) is 12.8 Å². The van der Waals surface area contributed by atoms with Crippen molar-refractivity contribution in [2.24, 2.45) is 0 Å². The molecule has 0 fully saturated rings. The third-order valence-electron chi connectivity index (χ3n) is 4.03. The molecule has 2 unspecified atom stereocenters. The van der Waals surface area contributed by atoms with Gasteiger partial charge >= 0.3 is 0 Å². The summed E-state index contributed by atoms with van der Waals surface area (Å²) >= 11 is 0. The van der Waals surface area contributed by atoms with Gasteiger partial charge in [-0.3, -0.25) is 0 Å². The van der Waals surface area contributed by atoms with Crippen LogP contribution >= 0.6 is 0 Å². The fourth-order valence-electron chi connectivity index (χ4n) is 2.57. The van der Waals surface area contributed by atoms with Crippen LogP contribution in [0.25, 0.3) is 0 Å². The number of benzene rings is 2. The van der Waals surface area contributed by atoms with Crippen LogP contribution in [0.1, 0.15) is 22.3 Å². The molecule has 0 heterocycles. The van der Waals surface area contributed by atoms with Crippen molar-refractivity contribution in [2.45, 2.75) is 38.9 Å². The minimum atomic E-state index is -0.318. The molecule has 0 aliphatic rings. The van der Waals surface area contributed by atoms with Gasteiger partial charge in [-0.05, 0) is 36.1 Å². The smallest absolute Gasteiger partial charge is 0.123 e. The molecule has 0 amide bonds. The van der Waals surface area contributed by atoms with E-state index in [-0.39, 0.29) is 12.2 Å². The van der Waals surface area contributed by atoms with Crippen LogP contribution in [0.2, 0.25) is 0 Å². The molecule has 0 spiro atoms. The van der Waals surface area contributed by atoms with E-state index in [0.717, 1.165) is 0 Å². The van der Waals surface area contributed by atoms with Gasteiger partial charge in [0.05, 0.1) is 0 Å². The maximum atomic E-state index is 5.99. The maximum Gasteiger partial charge on any atom is 0.123 e. The summed E-state index contributed by atoms with van der Waals surface area (Å²) in [6.45, 7) is 4.16. The van der Waals surface area contributed by atoms with Crippen molar-refractivity contribution >= 4 is 0 Å². The molecular formula is C22H22O. The minimum Gasteiger partial charge on any atom is -0.349 e. The average Bonchev–Trinajstić information content (AvgIpc) is 2.57. The van der Waals surface area contributed by atoms with E-state index in [0.29, 0.717) is 12.8 Å². The zero-order valence-electron chi connectivity index (χ0n) is 13.8. The molecule has 2 rings (SSSR count). The second-order valence-electron chi connectivity index (χ2n) is 5.71. The summed E-state index contributed by atoms with van der Waals surface area (Å²) in [4.78, 5) is 0. The van der Waals surface area contributed by atoms with Crippen LogP contribution in [-0.2, 0) is 17.6 Å². The van der Waals surface area contributed by atoms with Crippen molar-refractivity contribution in [1.29, 1.82) is 0 Å². The van der Waals surface area contributed by atoms with Crippen molar-refractivity contribution in [2.75, 3.05) is 0 Å². The van der Waals surface area contributed by atoms with Crippen LogP contribution in [0.4, 0.5) is 0 Å². The zero-order valence-corrected chi connectivity index (χ0v) is 13.8. The maximum absolute atomic E-state index is 5.99. The minimum absolute atomic E-state index is 0.318. The van der Waals surface area contributed by atoms with Crippen molar-refractivity contribution in [3.63, 3.8) is 0 Å². The molecule has 0 aromatic heterocycles. The van der Waals surface area contributed by atoms with Gasteiger partial charge in [-0.1, -0.05) is 60.4 Å². The number of hydrogen-bond acceptors (Lipinski definition) is 1. The molecule has 0 aliphatic carbocycles. The zero-order chi connectivity index (χ0) is 16.7. The van der Waals surface area contributed by atoms with E-state index in [4.69, 9.17) is 17.6 Å². The van der Waals surface area contributed by atoms with Crippen LogP contribution in [0.3, 0.4) is 0 Å². The van der Waals surface area contributed by atoms with Crippen LogP contribution in [-0.4, -0.2) is 12.2 Å². The predicted molar refractivity (Wildman–Crippen MR) is 96.1 cm³/mol. The fraction of sp³-hybridized carbons (Fsp3) is 0.273. The van der Waals surface area contributed by atoms with E-state index >= 15 is 0 Å². The number of hydrogen-bond donors (Lipinski definition) is 0.